The molecule has 1 unspecified atom stereocenters. The highest BCUT2D eigenvalue weighted by atomic mass is 35.5. The molecule has 1 aliphatic heterocycles. The average Bonchev–Trinajstić information content (AvgIpc) is 3.36. The van der Waals surface area contributed by atoms with Gasteiger partial charge in [-0.3, -0.25) is 10.2 Å². The Hall–Kier alpha value is -2.59. The zero-order valence-electron chi connectivity index (χ0n) is 19.1. The molecule has 0 bridgehead atoms. The number of nitrogens with zero attached hydrogens (tertiary/aromatic N) is 3. The van der Waals surface area contributed by atoms with Crippen molar-refractivity contribution in [2.45, 2.75) is 33.2 Å². The van der Waals surface area contributed by atoms with E-state index in [1.807, 2.05) is 20.8 Å². The maximum absolute atomic E-state index is 13.4. The Bertz CT molecular complexity index is 1310. The fourth-order valence-electron chi connectivity index (χ4n) is 3.62. The van der Waals surface area contributed by atoms with E-state index >= 15 is 0 Å². The molecule has 2 aromatic heterocycles. The van der Waals surface area contributed by atoms with Crippen molar-refractivity contribution in [1.29, 1.82) is 5.41 Å². The summed E-state index contributed by atoms with van der Waals surface area (Å²) >= 11 is 19.8. The van der Waals surface area contributed by atoms with Gasteiger partial charge in [0, 0.05) is 27.7 Å². The number of pyridine rings is 1. The zero-order valence-corrected chi connectivity index (χ0v) is 22.2. The second kappa shape index (κ2) is 10.2. The van der Waals surface area contributed by atoms with Crippen LogP contribution in [0, 0.1) is 11.3 Å². The van der Waals surface area contributed by atoms with Crippen LogP contribution in [0.1, 0.15) is 42.4 Å². The summed E-state index contributed by atoms with van der Waals surface area (Å²) in [4.78, 5) is 19.4. The van der Waals surface area contributed by atoms with Gasteiger partial charge in [-0.25, -0.2) is 4.98 Å². The molecule has 0 saturated heterocycles. The number of benzene rings is 1. The molecule has 3 aromatic rings. The predicted octanol–water partition coefficient (Wildman–Crippen LogP) is 6.11. The lowest BCUT2D eigenvalue weighted by atomic mass is 10.1. The van der Waals surface area contributed by atoms with E-state index in [4.69, 9.17) is 40.2 Å². The molecule has 1 amide bonds. The summed E-state index contributed by atoms with van der Waals surface area (Å²) in [5, 5.41) is 26.4. The highest BCUT2D eigenvalue weighted by Gasteiger charge is 2.29. The Morgan fingerprint density at radius 1 is 1.17 bits per heavy atom. The molecule has 0 fully saturated rings. The topological polar surface area (TPSA) is 114 Å². The number of fused-ring (bicyclic) bond motifs is 1. The van der Waals surface area contributed by atoms with Crippen molar-refractivity contribution in [1.82, 2.24) is 14.7 Å². The van der Waals surface area contributed by atoms with E-state index in [0.29, 0.717) is 38.7 Å². The van der Waals surface area contributed by atoms with E-state index in [2.05, 4.69) is 20.0 Å². The molecule has 0 saturated carbocycles. The molecule has 4 N–H and O–H groups in total. The number of amides is 1. The number of nitrogens with one attached hydrogen (secondary N) is 3. The van der Waals surface area contributed by atoms with E-state index < -0.39 is 0 Å². The van der Waals surface area contributed by atoms with Gasteiger partial charge in [0.25, 0.3) is 5.91 Å². The Morgan fingerprint density at radius 2 is 1.89 bits per heavy atom. The van der Waals surface area contributed by atoms with Crippen LogP contribution in [0.2, 0.25) is 15.1 Å². The van der Waals surface area contributed by atoms with Gasteiger partial charge >= 0.3 is 0 Å². The molecular weight excluding hydrogens is 531 g/mol. The van der Waals surface area contributed by atoms with Gasteiger partial charge in [-0.05, 0) is 60.6 Å². The summed E-state index contributed by atoms with van der Waals surface area (Å²) in [6.07, 6.45) is 0.607. The highest BCUT2D eigenvalue weighted by molar-refractivity contribution is 7.11. The smallest absolute Gasteiger partial charge is 0.277 e. The van der Waals surface area contributed by atoms with Crippen molar-refractivity contribution in [3.63, 3.8) is 0 Å². The summed E-state index contributed by atoms with van der Waals surface area (Å²) in [5.41, 5.74) is 1.85. The first-order valence-electron chi connectivity index (χ1n) is 10.8. The van der Waals surface area contributed by atoms with Gasteiger partial charge < -0.3 is 20.6 Å². The van der Waals surface area contributed by atoms with Crippen molar-refractivity contribution in [2.24, 2.45) is 5.92 Å². The molecule has 1 aromatic carbocycles. The van der Waals surface area contributed by atoms with Gasteiger partial charge in [0.15, 0.2) is 0 Å². The lowest BCUT2D eigenvalue weighted by molar-refractivity contribution is 0.0984. The lowest BCUT2D eigenvalue weighted by Crippen LogP contribution is -2.36. The summed E-state index contributed by atoms with van der Waals surface area (Å²) in [6, 6.07) is 6.41. The highest BCUT2D eigenvalue weighted by Crippen LogP contribution is 2.38. The van der Waals surface area contributed by atoms with E-state index in [0.717, 1.165) is 17.1 Å². The zero-order chi connectivity index (χ0) is 25.4. The first-order chi connectivity index (χ1) is 16.5. The number of halogens is 3. The molecule has 184 valence electrons. The number of aromatic nitrogens is 2. The van der Waals surface area contributed by atoms with Crippen LogP contribution in [0.4, 0.5) is 16.5 Å². The predicted molar refractivity (Wildman–Crippen MR) is 142 cm³/mol. The normalized spacial score (nSPS) is 13.6. The Morgan fingerprint density at radius 3 is 2.60 bits per heavy atom. The van der Waals surface area contributed by atoms with Gasteiger partial charge in [-0.15, -0.1) is 0 Å². The molecule has 35 heavy (non-hydrogen) atoms. The third-order valence-corrected chi connectivity index (χ3v) is 7.33. The van der Waals surface area contributed by atoms with Crippen molar-refractivity contribution in [3.05, 3.63) is 56.2 Å². The van der Waals surface area contributed by atoms with Gasteiger partial charge in [0.2, 0.25) is 5.88 Å². The maximum atomic E-state index is 13.4. The number of hydrogen-bond donors (Lipinski definition) is 4. The number of hydrogen-bond acceptors (Lipinski definition) is 7. The molecule has 3 heterocycles. The largest absolute Gasteiger partial charge is 0.492 e. The summed E-state index contributed by atoms with van der Waals surface area (Å²) in [7, 11) is 0. The van der Waals surface area contributed by atoms with Crippen LogP contribution in [0.15, 0.2) is 24.3 Å². The summed E-state index contributed by atoms with van der Waals surface area (Å²) < 4.78 is 3.96. The van der Waals surface area contributed by atoms with Gasteiger partial charge in [-0.1, -0.05) is 48.7 Å². The minimum absolute atomic E-state index is 0.00788. The monoisotopic (exact) mass is 552 g/mol. The molecule has 0 aliphatic carbocycles. The number of amidine groups is 1. The molecule has 0 spiro atoms. The van der Waals surface area contributed by atoms with Crippen LogP contribution < -0.4 is 15.5 Å². The molecule has 0 radical (unpaired) electrons. The average molecular weight is 554 g/mol. The fraction of sp³-hybridized carbons (Fsp3) is 0.304. The van der Waals surface area contributed by atoms with Crippen LogP contribution in [-0.2, 0) is 6.42 Å². The van der Waals surface area contributed by atoms with Crippen molar-refractivity contribution in [2.75, 3.05) is 16.8 Å². The quantitative estimate of drug-likeness (QED) is 0.216. The number of rotatable bonds is 6. The van der Waals surface area contributed by atoms with E-state index in [1.54, 1.807) is 23.1 Å². The first-order valence-corrected chi connectivity index (χ1v) is 12.7. The van der Waals surface area contributed by atoms with Gasteiger partial charge in [0.05, 0.1) is 5.69 Å². The number of carbonyl (C=O) groups is 1. The Labute approximate surface area is 221 Å². The Balaban J connectivity index is 1.61. The molecular formula is C23H23Cl3N6O2S. The number of aromatic hydroxyl groups is 1. The van der Waals surface area contributed by atoms with Crippen molar-refractivity contribution < 1.29 is 9.90 Å². The molecule has 8 nitrogen and oxygen atoms in total. The van der Waals surface area contributed by atoms with Crippen LogP contribution in [0.3, 0.4) is 0 Å². The van der Waals surface area contributed by atoms with Crippen molar-refractivity contribution >= 4 is 74.6 Å². The lowest BCUT2D eigenvalue weighted by Gasteiger charge is -2.19. The van der Waals surface area contributed by atoms with E-state index in [9.17, 15) is 9.90 Å². The van der Waals surface area contributed by atoms with Crippen LogP contribution in [0.5, 0.6) is 5.88 Å². The summed E-state index contributed by atoms with van der Waals surface area (Å²) in [6.45, 7) is 6.46. The second-order valence-corrected chi connectivity index (χ2v) is 10.6. The molecule has 4 rings (SSSR count). The van der Waals surface area contributed by atoms with Crippen LogP contribution >= 0.6 is 46.3 Å². The minimum atomic E-state index is -0.347. The number of anilines is 3. The SMILES string of the molecule is CC(C)C(C)NC(=N)c1c(O)nsc1Nc1cc(Cl)cc(C(=O)N2CCc3c(Cl)cc(Cl)cc32)n1. The summed E-state index contributed by atoms with van der Waals surface area (Å²) in [5.74, 6) is -0.0317. The molecule has 1 aliphatic rings. The molecule has 1 atom stereocenters. The maximum Gasteiger partial charge on any atom is 0.277 e. The minimum Gasteiger partial charge on any atom is -0.492 e. The number of carbonyl (C=O) groups excluding carboxylic acids is 1. The fourth-order valence-corrected chi connectivity index (χ4v) is 5.11. The van der Waals surface area contributed by atoms with Crippen LogP contribution in [-0.4, -0.2) is 38.8 Å². The molecule has 12 heteroatoms. The second-order valence-electron chi connectivity index (χ2n) is 8.54. The first kappa shape index (κ1) is 25.5. The Kier molecular flexibility index (Phi) is 7.42. The third kappa shape index (κ3) is 5.33. The standard InChI is InChI=1S/C23H23Cl3N6O2S/c1-10(2)11(3)28-20(27)19-21(33)31-35-22(19)30-18-9-13(25)7-16(29-18)23(34)32-5-4-14-15(26)6-12(24)8-17(14)32/h6-11H,4-5H2,1-3H3,(H2,27,28)(H,29,30)(H,31,33). The third-order valence-electron chi connectivity index (χ3n) is 5.80. The van der Waals surface area contributed by atoms with Crippen molar-refractivity contribution in [3.8, 4) is 5.88 Å². The van der Waals surface area contributed by atoms with E-state index in [1.165, 1.54) is 6.07 Å². The van der Waals surface area contributed by atoms with Gasteiger partial charge in [-0.2, -0.15) is 4.37 Å². The van der Waals surface area contributed by atoms with Crippen LogP contribution in [0.25, 0.3) is 0 Å². The van der Waals surface area contributed by atoms with E-state index in [-0.39, 0.29) is 46.7 Å². The van der Waals surface area contributed by atoms with Gasteiger partial charge in [0.1, 0.15) is 27.9 Å².